The zero-order valence-electron chi connectivity index (χ0n) is 64.0. The van der Waals surface area contributed by atoms with Crippen LogP contribution in [0.25, 0.3) is 0 Å². The van der Waals surface area contributed by atoms with E-state index in [0.29, 0.717) is 46.0 Å². The minimum atomic E-state index is -3.53. The average Bonchev–Trinajstić information content (AvgIpc) is 1.25. The van der Waals surface area contributed by atoms with E-state index >= 15 is 0 Å². The molecule has 7 aliphatic rings. The predicted octanol–water partition coefficient (Wildman–Crippen LogP) is 9.99. The molecule has 7 heterocycles. The molecule has 0 unspecified atom stereocenters. The number of hydrogen-bond acceptors (Lipinski definition) is 19. The number of aliphatic imine (C=N–C) groups is 1. The normalized spacial score (nSPS) is 15.3. The number of benzene rings is 2. The van der Waals surface area contributed by atoms with Crippen molar-refractivity contribution < 1.29 is 36.0 Å². The van der Waals surface area contributed by atoms with Crippen molar-refractivity contribution in [2.24, 2.45) is 21.8 Å². The Balaban J connectivity index is -0.000000506. The molecule has 9 rings (SSSR count). The van der Waals surface area contributed by atoms with Gasteiger partial charge >= 0.3 is 6.15 Å². The second-order valence-corrected chi connectivity index (χ2v) is 28.4. The van der Waals surface area contributed by atoms with E-state index in [1.54, 1.807) is 77.9 Å². The summed E-state index contributed by atoms with van der Waals surface area (Å²) in [6, 6.07) is 13.6. The van der Waals surface area contributed by atoms with E-state index in [1.807, 2.05) is 76.3 Å². The van der Waals surface area contributed by atoms with Crippen molar-refractivity contribution in [2.75, 3.05) is 119 Å². The van der Waals surface area contributed by atoms with Gasteiger partial charge < -0.3 is 55.1 Å². The first-order valence-electron chi connectivity index (χ1n) is 34.1. The molecule has 6 saturated heterocycles. The van der Waals surface area contributed by atoms with Crippen LogP contribution in [-0.4, -0.2) is 252 Å². The number of rotatable bonds is 6. The molecule has 28 nitrogen and oxygen atoms in total. The molecular weight excluding hydrogens is 1310 g/mol. The Labute approximate surface area is 601 Å². The lowest BCUT2D eigenvalue weighted by Gasteiger charge is -2.32. The number of nitrogens with zero attached hydrogens (tertiary/aromatic N) is 9. The largest absolute Gasteiger partial charge is 0.464 e. The fourth-order valence-corrected chi connectivity index (χ4v) is 10.9. The number of likely N-dealkylation sites (N-methyl/N-ethyl adjacent to an activating group) is 1. The van der Waals surface area contributed by atoms with Gasteiger partial charge in [0.25, 0.3) is 6.47 Å². The van der Waals surface area contributed by atoms with Crippen LogP contribution >= 0.6 is 0 Å². The standard InChI is InChI=1S/C9H18N2.C8H14N2O2.C8H10O2S.C7H14N2.C7H9NO2S.C6H12N2.2C5H10N2.C5H12N2.C4H8N2.C3H7N.C2H6N2.CO2/c1-3-9-4-6-11(7-5-9)8(2)10;1-7(9)10-4-2-8(3-5-10)12-6-11;1-7-5-3-4-6-8(7)11(2,9)10;1-7(8)9-5-3-2-4-6-9;1-6-4-2-3-5-7(6)11(8,9)10;1-6(7)8-4-2-3-5-8;1-5-6-3-4-7(5)2;1-5(6)7-3-2-4-7;1-4-7(3)5(2)6;1-4(5)6-2-3-6;1-3(2)4;1-2(3)4;2-1-3/h9-10H,3-7H2,1-2H3;6,8-9H,2-5H2,1H3;3-6H,1-2H3;8H,2-6H2,1H3;2-5H,1H3,(H2,8,9,10);7H,2-5H2,1H3;3-4H2,1-2H3;6H,2-4H2,1H3;6H,4H2,1-3H3;5H,2-3H2,1H3;4H,1-2H3;1H3,(H3,3,4);. The Morgan fingerprint density at radius 3 is 1.04 bits per heavy atom. The average molecular weight is 1440 g/mol. The highest BCUT2D eigenvalue weighted by Gasteiger charge is 2.21. The van der Waals surface area contributed by atoms with Crippen LogP contribution in [0.1, 0.15) is 172 Å². The van der Waals surface area contributed by atoms with Gasteiger partial charge in [-0.15, -0.1) is 0 Å². The number of sulfone groups is 1. The summed E-state index contributed by atoms with van der Waals surface area (Å²) in [6.07, 6.45) is 14.8. The van der Waals surface area contributed by atoms with Crippen LogP contribution in [0.4, 0.5) is 0 Å². The van der Waals surface area contributed by atoms with Gasteiger partial charge in [0.1, 0.15) is 6.10 Å². The van der Waals surface area contributed by atoms with Crippen LogP contribution in [0.15, 0.2) is 63.3 Å². The summed E-state index contributed by atoms with van der Waals surface area (Å²) < 4.78 is 48.6. The van der Waals surface area contributed by atoms with Gasteiger partial charge in [0, 0.05) is 131 Å². The van der Waals surface area contributed by atoms with Gasteiger partial charge in [-0.05, 0) is 177 Å². The molecule has 570 valence electrons. The molecule has 0 aromatic heterocycles. The van der Waals surface area contributed by atoms with E-state index in [4.69, 9.17) is 73.9 Å². The number of hydrogen-bond donors (Lipinski definition) is 11. The van der Waals surface area contributed by atoms with Crippen LogP contribution < -0.4 is 10.9 Å². The van der Waals surface area contributed by atoms with Gasteiger partial charge in [-0.25, -0.2) is 22.0 Å². The van der Waals surface area contributed by atoms with Gasteiger partial charge in [0.05, 0.1) is 68.9 Å². The number of sulfonamides is 1. The number of primary sulfonamides is 1. The molecule has 2 aromatic rings. The molecule has 0 aliphatic carbocycles. The van der Waals surface area contributed by atoms with Crippen molar-refractivity contribution in [3.63, 3.8) is 0 Å². The van der Waals surface area contributed by atoms with Crippen molar-refractivity contribution in [1.82, 2.24) is 39.2 Å². The summed E-state index contributed by atoms with van der Waals surface area (Å²) in [7, 11) is -2.60. The maximum absolute atomic E-state index is 11.1. The second-order valence-electron chi connectivity index (χ2n) is 24.9. The van der Waals surface area contributed by atoms with Crippen molar-refractivity contribution in [2.45, 2.75) is 190 Å². The highest BCUT2D eigenvalue weighted by atomic mass is 32.2. The summed E-state index contributed by atoms with van der Waals surface area (Å²) in [5, 5.41) is 68.1. The number of nitrogens with two attached hydrogens (primary N) is 2. The lowest BCUT2D eigenvalue weighted by Crippen LogP contribution is -2.40. The number of carbonyl (C=O) groups is 1. The number of ether oxygens (including phenoxy) is 1. The third-order valence-electron chi connectivity index (χ3n) is 15.8. The quantitative estimate of drug-likeness (QED) is 0.0554. The van der Waals surface area contributed by atoms with Crippen molar-refractivity contribution in [3.05, 3.63) is 59.7 Å². The molecule has 0 atom stereocenters. The van der Waals surface area contributed by atoms with Crippen LogP contribution in [0.5, 0.6) is 0 Å². The number of carbonyl (C=O) groups excluding carboxylic acids is 3. The number of likely N-dealkylation sites (tertiary alicyclic amines) is 5. The molecule has 2 aromatic carbocycles. The Bertz CT molecular complexity index is 2930. The highest BCUT2D eigenvalue weighted by Crippen LogP contribution is 2.20. The number of nitrogens with one attached hydrogen (secondary N) is 9. The molecular formula is C70H130N20O8S2. The summed E-state index contributed by atoms with van der Waals surface area (Å²) in [4.78, 5) is 47.5. The van der Waals surface area contributed by atoms with Gasteiger partial charge in [0.2, 0.25) is 10.0 Å². The van der Waals surface area contributed by atoms with E-state index in [-0.39, 0.29) is 23.0 Å². The van der Waals surface area contributed by atoms with E-state index in [0.717, 1.165) is 140 Å². The molecule has 6 fully saturated rings. The Hall–Kier alpha value is -7.95. The summed E-state index contributed by atoms with van der Waals surface area (Å²) >= 11 is 0. The van der Waals surface area contributed by atoms with Gasteiger partial charge in [-0.1, -0.05) is 49.7 Å². The van der Waals surface area contributed by atoms with E-state index < -0.39 is 19.9 Å². The third kappa shape index (κ3) is 53.9. The zero-order valence-corrected chi connectivity index (χ0v) is 65.6. The molecule has 0 saturated carbocycles. The minimum Gasteiger partial charge on any atom is -0.464 e. The lowest BCUT2D eigenvalue weighted by molar-refractivity contribution is -0.191. The molecule has 13 N–H and O–H groups in total. The van der Waals surface area contributed by atoms with Crippen LogP contribution in [0, 0.1) is 68.4 Å². The first-order chi connectivity index (χ1) is 46.6. The number of aryl methyl sites for hydroxylation is 2. The Morgan fingerprint density at radius 2 is 0.860 bits per heavy atom. The topological polar surface area (TPSA) is 433 Å². The molecule has 0 spiro atoms. The maximum Gasteiger partial charge on any atom is 0.373 e. The maximum atomic E-state index is 11.1. The second kappa shape index (κ2) is 56.8. The van der Waals surface area contributed by atoms with E-state index in [1.165, 1.54) is 82.9 Å². The van der Waals surface area contributed by atoms with Crippen LogP contribution in [0.2, 0.25) is 0 Å². The molecule has 0 bridgehead atoms. The molecule has 100 heavy (non-hydrogen) atoms. The third-order valence-corrected chi connectivity index (χ3v) is 18.1. The van der Waals surface area contributed by atoms with Crippen LogP contribution in [0.3, 0.4) is 0 Å². The first-order valence-corrected chi connectivity index (χ1v) is 37.6. The highest BCUT2D eigenvalue weighted by molar-refractivity contribution is 7.90. The summed E-state index contributed by atoms with van der Waals surface area (Å²) in [6.45, 7) is 43.9. The fraction of sp³-hybridized carbons (Fsp3) is 0.657. The molecule has 30 heteroatoms. The smallest absolute Gasteiger partial charge is 0.373 e. The van der Waals surface area contributed by atoms with Crippen LogP contribution in [-0.2, 0) is 39.0 Å². The Kier molecular flexibility index (Phi) is 55.9. The summed E-state index contributed by atoms with van der Waals surface area (Å²) in [5.41, 5.74) is 6.84. The van der Waals surface area contributed by atoms with Gasteiger partial charge in [-0.3, -0.25) is 53.1 Å². The van der Waals surface area contributed by atoms with Crippen molar-refractivity contribution in [3.8, 4) is 0 Å². The van der Waals surface area contributed by atoms with E-state index in [2.05, 4.69) is 43.5 Å². The SMILES string of the molecule is CC(=N)N.CC(=N)N1CC1.CC(=N)N1CCC(OC=O)CC1.CC(=N)N1CCC1.CC(=N)N1CCCC1.CC(=N)N1CCCCC1.CC(C)=N.CC1=NCCN1C.CCC1CCN(C(C)=N)CC1.CCN(C)C(C)=N.Cc1ccccc1S(C)(=O)=O.Cc1ccccc1S(N)(=O)=O.O=C=O. The molecule has 7 aliphatic heterocycles. The van der Waals surface area contributed by atoms with E-state index in [9.17, 15) is 21.6 Å². The lowest BCUT2D eigenvalue weighted by atomic mass is 9.94. The predicted molar refractivity (Wildman–Crippen MR) is 412 cm³/mol. The monoisotopic (exact) mass is 1440 g/mol. The zero-order chi connectivity index (χ0) is 77.7. The van der Waals surface area contributed by atoms with Crippen molar-refractivity contribution >= 4 is 90.7 Å². The van der Waals surface area contributed by atoms with Crippen molar-refractivity contribution in [1.29, 1.82) is 48.7 Å². The minimum absolute atomic E-state index is 0.0677. The Morgan fingerprint density at radius 1 is 0.550 bits per heavy atom. The summed E-state index contributed by atoms with van der Waals surface area (Å²) in [5.74, 6) is 7.09. The molecule has 0 radical (unpaired) electrons. The molecule has 0 amide bonds. The van der Waals surface area contributed by atoms with Gasteiger partial charge in [-0.2, -0.15) is 9.59 Å². The number of piperidine rings is 3. The first kappa shape index (κ1) is 98.4. The number of amidine groups is 9. The van der Waals surface area contributed by atoms with Gasteiger partial charge in [0.15, 0.2) is 9.84 Å². The fourth-order valence-electron chi connectivity index (χ4n) is 9.13.